The number of nitrogens with one attached hydrogen (secondary N) is 1. The summed E-state index contributed by atoms with van der Waals surface area (Å²) in [7, 11) is 0. The lowest BCUT2D eigenvalue weighted by Gasteiger charge is -2.16. The molecule has 3 rings (SSSR count). The van der Waals surface area contributed by atoms with Crippen LogP contribution >= 0.6 is 15.9 Å². The number of aryl methyl sites for hydroxylation is 3. The van der Waals surface area contributed by atoms with Gasteiger partial charge in [-0.1, -0.05) is 0 Å². The molecule has 1 fully saturated rings. The lowest BCUT2D eigenvalue weighted by atomic mass is 10.2. The Morgan fingerprint density at radius 2 is 2.04 bits per heavy atom. The second-order valence-electron chi connectivity index (χ2n) is 7.24. The van der Waals surface area contributed by atoms with Gasteiger partial charge in [0.15, 0.2) is 5.69 Å². The third-order valence-corrected chi connectivity index (χ3v) is 5.60. The molecule has 1 unspecified atom stereocenters. The molecule has 1 amide bonds. The maximum absolute atomic E-state index is 13.2. The van der Waals surface area contributed by atoms with E-state index in [2.05, 4.69) is 31.4 Å². The fourth-order valence-corrected chi connectivity index (χ4v) is 4.04. The highest BCUT2D eigenvalue weighted by atomic mass is 79.9. The van der Waals surface area contributed by atoms with E-state index in [9.17, 15) is 18.0 Å². The number of halogens is 4. The van der Waals surface area contributed by atoms with Gasteiger partial charge in [0, 0.05) is 24.7 Å². The van der Waals surface area contributed by atoms with E-state index in [1.807, 2.05) is 24.6 Å². The molecule has 10 heteroatoms. The number of carbonyl (C=O) groups excluding carboxylic acids is 1. The zero-order valence-electron chi connectivity index (χ0n) is 16.0. The summed E-state index contributed by atoms with van der Waals surface area (Å²) >= 11 is 3.05. The van der Waals surface area contributed by atoms with E-state index < -0.39 is 17.9 Å². The van der Waals surface area contributed by atoms with Gasteiger partial charge in [0.05, 0.1) is 15.9 Å². The Kier molecular flexibility index (Phi) is 5.88. The van der Waals surface area contributed by atoms with Crippen LogP contribution in [0.15, 0.2) is 10.5 Å². The number of aromatic nitrogens is 4. The van der Waals surface area contributed by atoms with Crippen LogP contribution in [0.1, 0.15) is 60.9 Å². The standard InChI is InChI=1S/C18H23BrF3N5O/c1-10-9-11(2)26(24-10)8-4-7-23-17(28)12(3)27-15(13-5-6-13)14(19)16(25-27)18(20,21)22/h9,12-13H,4-8H2,1-3H3,(H,23,28). The molecule has 2 aromatic heterocycles. The molecule has 0 radical (unpaired) electrons. The topological polar surface area (TPSA) is 64.7 Å². The average molecular weight is 462 g/mol. The summed E-state index contributed by atoms with van der Waals surface area (Å²) in [5.74, 6) is -0.335. The van der Waals surface area contributed by atoms with E-state index in [4.69, 9.17) is 0 Å². The molecule has 2 aromatic rings. The Bertz CT molecular complexity index is 869. The van der Waals surface area contributed by atoms with Crippen LogP contribution in [0, 0.1) is 13.8 Å². The van der Waals surface area contributed by atoms with Crippen molar-refractivity contribution in [3.63, 3.8) is 0 Å². The van der Waals surface area contributed by atoms with Crippen LogP contribution in [0.4, 0.5) is 13.2 Å². The van der Waals surface area contributed by atoms with Gasteiger partial charge in [-0.2, -0.15) is 23.4 Å². The van der Waals surface area contributed by atoms with Crippen molar-refractivity contribution in [1.82, 2.24) is 24.9 Å². The molecule has 0 saturated heterocycles. The Labute approximate surface area is 169 Å². The summed E-state index contributed by atoms with van der Waals surface area (Å²) in [6, 6.07) is 1.16. The lowest BCUT2D eigenvalue weighted by Crippen LogP contribution is -2.33. The quantitative estimate of drug-likeness (QED) is 0.630. The summed E-state index contributed by atoms with van der Waals surface area (Å²) in [6.45, 7) is 6.53. The molecule has 1 saturated carbocycles. The van der Waals surface area contributed by atoms with Crippen LogP contribution in [0.25, 0.3) is 0 Å². The predicted molar refractivity (Wildman–Crippen MR) is 101 cm³/mol. The average Bonchev–Trinajstić information content (AvgIpc) is 3.29. The molecule has 1 aliphatic carbocycles. The molecule has 1 N–H and O–H groups in total. The SMILES string of the molecule is Cc1cc(C)n(CCCNC(=O)C(C)n2nc(C(F)(F)F)c(Br)c2C2CC2)n1. The first-order chi connectivity index (χ1) is 13.1. The van der Waals surface area contributed by atoms with Crippen molar-refractivity contribution in [2.24, 2.45) is 0 Å². The number of rotatable bonds is 7. The van der Waals surface area contributed by atoms with E-state index >= 15 is 0 Å². The van der Waals surface area contributed by atoms with Crippen molar-refractivity contribution in [2.45, 2.75) is 64.7 Å². The van der Waals surface area contributed by atoms with E-state index in [1.165, 1.54) is 4.68 Å². The van der Waals surface area contributed by atoms with E-state index in [-0.39, 0.29) is 16.3 Å². The molecule has 0 aliphatic heterocycles. The smallest absolute Gasteiger partial charge is 0.354 e. The van der Waals surface area contributed by atoms with Crippen LogP contribution in [-0.2, 0) is 17.5 Å². The van der Waals surface area contributed by atoms with Gasteiger partial charge < -0.3 is 5.32 Å². The Hall–Kier alpha value is -1.84. The van der Waals surface area contributed by atoms with Crippen LogP contribution in [0.5, 0.6) is 0 Å². The Morgan fingerprint density at radius 3 is 2.57 bits per heavy atom. The van der Waals surface area contributed by atoms with Crippen LogP contribution in [-0.4, -0.2) is 32.0 Å². The summed E-state index contributed by atoms with van der Waals surface area (Å²) in [4.78, 5) is 12.5. The van der Waals surface area contributed by atoms with Crippen LogP contribution < -0.4 is 5.32 Å². The highest BCUT2D eigenvalue weighted by molar-refractivity contribution is 9.10. The normalized spacial score (nSPS) is 15.7. The summed E-state index contributed by atoms with van der Waals surface area (Å²) in [5, 5.41) is 10.9. The van der Waals surface area contributed by atoms with Crippen molar-refractivity contribution in [3.8, 4) is 0 Å². The maximum atomic E-state index is 13.2. The van der Waals surface area contributed by atoms with Gasteiger partial charge in [-0.25, -0.2) is 0 Å². The molecule has 1 aliphatic rings. The Balaban J connectivity index is 1.64. The van der Waals surface area contributed by atoms with E-state index in [0.29, 0.717) is 25.2 Å². The fourth-order valence-electron chi connectivity index (χ4n) is 3.23. The highest BCUT2D eigenvalue weighted by Crippen LogP contribution is 2.47. The largest absolute Gasteiger partial charge is 0.436 e. The minimum absolute atomic E-state index is 0.0132. The maximum Gasteiger partial charge on any atom is 0.436 e. The number of alkyl halides is 3. The van der Waals surface area contributed by atoms with Crippen LogP contribution in [0.3, 0.4) is 0 Å². The minimum atomic E-state index is -4.57. The molecule has 0 aromatic carbocycles. The summed E-state index contributed by atoms with van der Waals surface area (Å²) in [6.07, 6.45) is -2.28. The van der Waals surface area contributed by atoms with E-state index in [1.54, 1.807) is 6.92 Å². The van der Waals surface area contributed by atoms with Crippen molar-refractivity contribution in [1.29, 1.82) is 0 Å². The third-order valence-electron chi connectivity index (χ3n) is 4.82. The number of hydrogen-bond donors (Lipinski definition) is 1. The second-order valence-corrected chi connectivity index (χ2v) is 8.03. The van der Waals surface area contributed by atoms with Gasteiger partial charge in [0.25, 0.3) is 0 Å². The number of nitrogens with zero attached hydrogens (tertiary/aromatic N) is 4. The van der Waals surface area contributed by atoms with Crippen molar-refractivity contribution in [2.75, 3.05) is 6.54 Å². The van der Waals surface area contributed by atoms with Gasteiger partial charge in [0.1, 0.15) is 6.04 Å². The van der Waals surface area contributed by atoms with Crippen LogP contribution in [0.2, 0.25) is 0 Å². The Morgan fingerprint density at radius 1 is 1.36 bits per heavy atom. The monoisotopic (exact) mass is 461 g/mol. The number of carbonyl (C=O) groups is 1. The molecule has 154 valence electrons. The van der Waals surface area contributed by atoms with Gasteiger partial charge in [-0.15, -0.1) is 0 Å². The number of hydrogen-bond acceptors (Lipinski definition) is 3. The first-order valence-electron chi connectivity index (χ1n) is 9.23. The van der Waals surface area contributed by atoms with E-state index in [0.717, 1.165) is 24.2 Å². The molecule has 0 bridgehead atoms. The summed E-state index contributed by atoms with van der Waals surface area (Å²) in [5.41, 5.74) is 1.47. The predicted octanol–water partition coefficient (Wildman–Crippen LogP) is 4.12. The molecule has 0 spiro atoms. The van der Waals surface area contributed by atoms with Crippen molar-refractivity contribution >= 4 is 21.8 Å². The zero-order valence-corrected chi connectivity index (χ0v) is 17.6. The van der Waals surface area contributed by atoms with Gasteiger partial charge in [-0.3, -0.25) is 14.2 Å². The summed E-state index contributed by atoms with van der Waals surface area (Å²) < 4.78 is 42.7. The molecule has 6 nitrogen and oxygen atoms in total. The van der Waals surface area contributed by atoms with Gasteiger partial charge in [-0.05, 0) is 62.0 Å². The highest BCUT2D eigenvalue weighted by Gasteiger charge is 2.42. The van der Waals surface area contributed by atoms with Gasteiger partial charge in [0.2, 0.25) is 5.91 Å². The second kappa shape index (κ2) is 7.88. The molecular weight excluding hydrogens is 439 g/mol. The van der Waals surface area contributed by atoms with Gasteiger partial charge >= 0.3 is 6.18 Å². The van der Waals surface area contributed by atoms with Crippen molar-refractivity contribution < 1.29 is 18.0 Å². The fraction of sp³-hybridized carbons (Fsp3) is 0.611. The zero-order chi connectivity index (χ0) is 20.6. The third kappa shape index (κ3) is 4.42. The first kappa shape index (κ1) is 20.9. The molecule has 1 atom stereocenters. The molecule has 2 heterocycles. The molecular formula is C18H23BrF3N5O. The first-order valence-corrected chi connectivity index (χ1v) is 10.0. The lowest BCUT2D eigenvalue weighted by molar-refractivity contribution is -0.142. The molecule has 28 heavy (non-hydrogen) atoms. The minimum Gasteiger partial charge on any atom is -0.354 e. The number of amides is 1. The van der Waals surface area contributed by atoms with Crippen molar-refractivity contribution in [3.05, 3.63) is 33.3 Å².